The molecule has 4 nitrogen and oxygen atoms in total. The van der Waals surface area contributed by atoms with Crippen molar-refractivity contribution in [2.24, 2.45) is 0 Å². The first-order valence-electron chi connectivity index (χ1n) is 5.99. The van der Waals surface area contributed by atoms with E-state index in [0.29, 0.717) is 13.2 Å². The van der Waals surface area contributed by atoms with Crippen molar-refractivity contribution in [2.75, 3.05) is 13.2 Å². The van der Waals surface area contributed by atoms with Gasteiger partial charge in [-0.15, -0.1) is 6.58 Å². The lowest BCUT2D eigenvalue weighted by molar-refractivity contribution is -0.152. The van der Waals surface area contributed by atoms with Crippen LogP contribution in [0.25, 0.3) is 0 Å². The van der Waals surface area contributed by atoms with Gasteiger partial charge in [0.2, 0.25) is 0 Å². The summed E-state index contributed by atoms with van der Waals surface area (Å²) in [5.74, 6) is -0.302. The van der Waals surface area contributed by atoms with Crippen molar-refractivity contribution in [3.8, 4) is 0 Å². The van der Waals surface area contributed by atoms with Gasteiger partial charge in [-0.1, -0.05) is 36.4 Å². The average molecular weight is 247 g/mol. The van der Waals surface area contributed by atoms with Gasteiger partial charge in [-0.25, -0.2) is 0 Å². The standard InChI is InChI=1S/C14H17NO3/c1-2-12-13(15-8-9-17-12)14(16)18-10-11-6-4-3-5-7-11/h2-7,12-13,15H,1,8-10H2/t12-,13+/m1/s1. The molecule has 0 bridgehead atoms. The molecule has 0 aliphatic carbocycles. The molecule has 1 aliphatic rings. The van der Waals surface area contributed by atoms with Crippen molar-refractivity contribution < 1.29 is 14.3 Å². The number of carbonyl (C=O) groups is 1. The average Bonchev–Trinajstić information content (AvgIpc) is 2.45. The maximum Gasteiger partial charge on any atom is 0.326 e. The molecule has 0 amide bonds. The van der Waals surface area contributed by atoms with Crippen LogP contribution in [0.15, 0.2) is 43.0 Å². The van der Waals surface area contributed by atoms with Crippen molar-refractivity contribution in [1.82, 2.24) is 5.32 Å². The Kier molecular flexibility index (Phi) is 4.50. The Morgan fingerprint density at radius 1 is 1.50 bits per heavy atom. The summed E-state index contributed by atoms with van der Waals surface area (Å²) in [7, 11) is 0. The van der Waals surface area contributed by atoms with Crippen LogP contribution in [0.5, 0.6) is 0 Å². The van der Waals surface area contributed by atoms with E-state index in [1.54, 1.807) is 6.08 Å². The summed E-state index contributed by atoms with van der Waals surface area (Å²) in [6, 6.07) is 9.14. The predicted molar refractivity (Wildman–Crippen MR) is 68.0 cm³/mol. The second-order valence-electron chi connectivity index (χ2n) is 4.10. The molecule has 18 heavy (non-hydrogen) atoms. The zero-order chi connectivity index (χ0) is 12.8. The van der Waals surface area contributed by atoms with Crippen molar-refractivity contribution in [2.45, 2.75) is 18.8 Å². The first-order chi connectivity index (χ1) is 8.81. The molecule has 1 heterocycles. The van der Waals surface area contributed by atoms with Crippen molar-refractivity contribution in [3.05, 3.63) is 48.6 Å². The minimum absolute atomic E-state index is 0.279. The van der Waals surface area contributed by atoms with Gasteiger partial charge in [0.1, 0.15) is 18.8 Å². The Labute approximate surface area is 107 Å². The molecule has 0 spiro atoms. The first-order valence-corrected chi connectivity index (χ1v) is 5.99. The molecule has 0 radical (unpaired) electrons. The number of nitrogens with one attached hydrogen (secondary N) is 1. The number of rotatable bonds is 4. The Bertz CT molecular complexity index is 405. The third kappa shape index (κ3) is 3.18. The summed E-state index contributed by atoms with van der Waals surface area (Å²) in [5, 5.41) is 3.09. The summed E-state index contributed by atoms with van der Waals surface area (Å²) in [4.78, 5) is 11.9. The van der Waals surface area contributed by atoms with Crippen LogP contribution in [0.4, 0.5) is 0 Å². The molecule has 0 unspecified atom stereocenters. The van der Waals surface area contributed by atoms with E-state index >= 15 is 0 Å². The van der Waals surface area contributed by atoms with E-state index < -0.39 is 6.04 Å². The lowest BCUT2D eigenvalue weighted by Gasteiger charge is -2.29. The van der Waals surface area contributed by atoms with E-state index in [1.165, 1.54) is 0 Å². The van der Waals surface area contributed by atoms with Crippen molar-refractivity contribution >= 4 is 5.97 Å². The monoisotopic (exact) mass is 247 g/mol. The van der Waals surface area contributed by atoms with Crippen LogP contribution < -0.4 is 5.32 Å². The molecule has 2 rings (SSSR count). The molecule has 0 saturated carbocycles. The summed E-state index contributed by atoms with van der Waals surface area (Å²) in [6.07, 6.45) is 1.31. The number of hydrogen-bond acceptors (Lipinski definition) is 4. The summed E-state index contributed by atoms with van der Waals surface area (Å²) >= 11 is 0. The minimum Gasteiger partial charge on any atom is -0.460 e. The van der Waals surface area contributed by atoms with Gasteiger partial charge >= 0.3 is 5.97 Å². The lowest BCUT2D eigenvalue weighted by Crippen LogP contribution is -2.52. The normalized spacial score (nSPS) is 23.3. The van der Waals surface area contributed by atoms with E-state index in [-0.39, 0.29) is 18.7 Å². The highest BCUT2D eigenvalue weighted by Gasteiger charge is 2.30. The molecule has 0 aromatic heterocycles. The van der Waals surface area contributed by atoms with Gasteiger partial charge in [0.15, 0.2) is 0 Å². The highest BCUT2D eigenvalue weighted by molar-refractivity contribution is 5.77. The predicted octanol–water partition coefficient (Wildman–Crippen LogP) is 1.27. The SMILES string of the molecule is C=C[C@H]1OCCN[C@@H]1C(=O)OCc1ccccc1. The molecule has 1 N–H and O–H groups in total. The zero-order valence-corrected chi connectivity index (χ0v) is 10.2. The topological polar surface area (TPSA) is 47.6 Å². The zero-order valence-electron chi connectivity index (χ0n) is 10.2. The van der Waals surface area contributed by atoms with Crippen LogP contribution in [0, 0.1) is 0 Å². The molecule has 1 saturated heterocycles. The van der Waals surface area contributed by atoms with Crippen LogP contribution in [0.1, 0.15) is 5.56 Å². The molecule has 1 aliphatic heterocycles. The first kappa shape index (κ1) is 12.8. The van der Waals surface area contributed by atoms with E-state index in [1.807, 2.05) is 30.3 Å². The van der Waals surface area contributed by atoms with Gasteiger partial charge in [-0.05, 0) is 5.56 Å². The van der Waals surface area contributed by atoms with E-state index in [0.717, 1.165) is 5.56 Å². The Balaban J connectivity index is 1.89. The van der Waals surface area contributed by atoms with Crippen molar-refractivity contribution in [3.63, 3.8) is 0 Å². The summed E-state index contributed by atoms with van der Waals surface area (Å²) < 4.78 is 10.7. The van der Waals surface area contributed by atoms with Gasteiger partial charge in [0, 0.05) is 6.54 Å². The third-order valence-corrected chi connectivity index (χ3v) is 2.82. The lowest BCUT2D eigenvalue weighted by atomic mass is 10.1. The van der Waals surface area contributed by atoms with Gasteiger partial charge in [-0.2, -0.15) is 0 Å². The smallest absolute Gasteiger partial charge is 0.326 e. The van der Waals surface area contributed by atoms with Crippen molar-refractivity contribution in [1.29, 1.82) is 0 Å². The fourth-order valence-electron chi connectivity index (χ4n) is 1.86. The fourth-order valence-corrected chi connectivity index (χ4v) is 1.86. The quantitative estimate of drug-likeness (QED) is 0.643. The highest BCUT2D eigenvalue weighted by Crippen LogP contribution is 2.09. The Morgan fingerprint density at radius 2 is 2.28 bits per heavy atom. The second kappa shape index (κ2) is 6.33. The Morgan fingerprint density at radius 3 is 3.00 bits per heavy atom. The Hall–Kier alpha value is -1.65. The highest BCUT2D eigenvalue weighted by atomic mass is 16.5. The number of carbonyl (C=O) groups excluding carboxylic acids is 1. The molecule has 96 valence electrons. The van der Waals surface area contributed by atoms with Crippen LogP contribution >= 0.6 is 0 Å². The maximum atomic E-state index is 11.9. The molecule has 1 aromatic carbocycles. The van der Waals surface area contributed by atoms with Crippen LogP contribution in [0.2, 0.25) is 0 Å². The van der Waals surface area contributed by atoms with Crippen LogP contribution in [-0.4, -0.2) is 31.3 Å². The van der Waals surface area contributed by atoms with E-state index in [4.69, 9.17) is 9.47 Å². The van der Waals surface area contributed by atoms with E-state index in [9.17, 15) is 4.79 Å². The molecule has 1 fully saturated rings. The number of morpholine rings is 1. The molecule has 1 aromatic rings. The molecular formula is C14H17NO3. The van der Waals surface area contributed by atoms with E-state index in [2.05, 4.69) is 11.9 Å². The van der Waals surface area contributed by atoms with Crippen LogP contribution in [-0.2, 0) is 20.9 Å². The summed E-state index contributed by atoms with van der Waals surface area (Å²) in [5.41, 5.74) is 0.970. The van der Waals surface area contributed by atoms with Gasteiger partial charge in [0.05, 0.1) is 6.61 Å². The minimum atomic E-state index is -0.458. The van der Waals surface area contributed by atoms with Gasteiger partial charge < -0.3 is 9.47 Å². The molecule has 2 atom stereocenters. The fraction of sp³-hybridized carbons (Fsp3) is 0.357. The molecule has 4 heteroatoms. The number of benzene rings is 1. The third-order valence-electron chi connectivity index (χ3n) is 2.82. The van der Waals surface area contributed by atoms with Crippen LogP contribution in [0.3, 0.4) is 0 Å². The van der Waals surface area contributed by atoms with Gasteiger partial charge in [0.25, 0.3) is 0 Å². The number of esters is 1. The van der Waals surface area contributed by atoms with Gasteiger partial charge in [-0.3, -0.25) is 10.1 Å². The second-order valence-corrected chi connectivity index (χ2v) is 4.10. The largest absolute Gasteiger partial charge is 0.460 e. The summed E-state index contributed by atoms with van der Waals surface area (Å²) in [6.45, 7) is 5.17. The number of hydrogen-bond donors (Lipinski definition) is 1. The molecular weight excluding hydrogens is 230 g/mol. The number of ether oxygens (including phenoxy) is 2. The maximum absolute atomic E-state index is 11.9.